The lowest BCUT2D eigenvalue weighted by atomic mass is 10.1. The monoisotopic (exact) mass is 250 g/mol. The number of nitrogens with zero attached hydrogens (tertiary/aromatic N) is 1. The van der Waals surface area contributed by atoms with E-state index in [1.54, 1.807) is 0 Å². The Kier molecular flexibility index (Phi) is 3.78. The number of nitrogens with one attached hydrogen (secondary N) is 1. The molecule has 1 aromatic rings. The molecule has 0 saturated carbocycles. The average molecular weight is 250 g/mol. The number of β-lactam (4-membered cyclic amide) rings is 1. The SMILES string of the molecule is CON1C[C@@H](NC(=O)OCc2ccccc2)C1=O. The number of rotatable bonds is 4. The maximum absolute atomic E-state index is 11.4. The Morgan fingerprint density at radius 2 is 2.17 bits per heavy atom. The molecule has 1 fully saturated rings. The molecular formula is C12H14N2O4. The standard InChI is InChI=1S/C12H14N2O4/c1-17-14-7-10(11(14)15)13-12(16)18-8-9-5-3-2-4-6-9/h2-6,10H,7-8H2,1H3,(H,13,16)/t10-/m1/s1. The number of alkyl carbamates (subject to hydrolysis) is 1. The van der Waals surface area contributed by atoms with Crippen LogP contribution in [0.1, 0.15) is 5.56 Å². The normalized spacial score (nSPS) is 18.2. The Morgan fingerprint density at radius 1 is 1.44 bits per heavy atom. The lowest BCUT2D eigenvalue weighted by Gasteiger charge is -2.35. The van der Waals surface area contributed by atoms with Crippen LogP contribution in [0.3, 0.4) is 0 Å². The van der Waals surface area contributed by atoms with Gasteiger partial charge in [-0.25, -0.2) is 9.86 Å². The minimum atomic E-state index is -0.604. The van der Waals surface area contributed by atoms with Crippen LogP contribution in [-0.4, -0.2) is 36.8 Å². The highest BCUT2D eigenvalue weighted by molar-refractivity contribution is 5.90. The van der Waals surface area contributed by atoms with Crippen molar-refractivity contribution >= 4 is 12.0 Å². The molecule has 0 unspecified atom stereocenters. The number of benzene rings is 1. The summed E-state index contributed by atoms with van der Waals surface area (Å²) in [5.74, 6) is -0.269. The molecule has 1 N–H and O–H groups in total. The van der Waals surface area contributed by atoms with Gasteiger partial charge in [0, 0.05) is 0 Å². The summed E-state index contributed by atoms with van der Waals surface area (Å²) in [6.07, 6.45) is -0.604. The van der Waals surface area contributed by atoms with Crippen LogP contribution >= 0.6 is 0 Å². The molecule has 2 amide bonds. The number of carbonyl (C=O) groups is 2. The van der Waals surface area contributed by atoms with Gasteiger partial charge in [0.15, 0.2) is 0 Å². The number of hydrogen-bond acceptors (Lipinski definition) is 4. The quantitative estimate of drug-likeness (QED) is 0.798. The second-order valence-corrected chi connectivity index (χ2v) is 3.84. The predicted molar refractivity (Wildman–Crippen MR) is 62.3 cm³/mol. The molecule has 96 valence electrons. The Bertz CT molecular complexity index is 435. The summed E-state index contributed by atoms with van der Waals surface area (Å²) in [7, 11) is 1.40. The van der Waals surface area contributed by atoms with Gasteiger partial charge in [-0.05, 0) is 5.56 Å². The molecule has 1 atom stereocenters. The average Bonchev–Trinajstić information content (AvgIpc) is 2.41. The second-order valence-electron chi connectivity index (χ2n) is 3.84. The van der Waals surface area contributed by atoms with Crippen LogP contribution in [0.2, 0.25) is 0 Å². The maximum atomic E-state index is 11.4. The van der Waals surface area contributed by atoms with Gasteiger partial charge in [0.25, 0.3) is 5.91 Å². The third-order valence-electron chi connectivity index (χ3n) is 2.62. The van der Waals surface area contributed by atoms with E-state index < -0.39 is 12.1 Å². The van der Waals surface area contributed by atoms with E-state index in [0.29, 0.717) is 6.54 Å². The number of carbonyl (C=O) groups excluding carboxylic acids is 2. The molecule has 6 heteroatoms. The van der Waals surface area contributed by atoms with Crippen LogP contribution in [0.5, 0.6) is 0 Å². The van der Waals surface area contributed by atoms with E-state index in [1.165, 1.54) is 12.2 Å². The van der Waals surface area contributed by atoms with Crippen molar-refractivity contribution in [2.45, 2.75) is 12.6 Å². The minimum absolute atomic E-state index is 0.182. The van der Waals surface area contributed by atoms with Crippen LogP contribution in [0.4, 0.5) is 4.79 Å². The van der Waals surface area contributed by atoms with Gasteiger partial charge in [-0.2, -0.15) is 0 Å². The molecule has 0 aromatic heterocycles. The van der Waals surface area contributed by atoms with Gasteiger partial charge in [-0.15, -0.1) is 0 Å². The lowest BCUT2D eigenvalue weighted by molar-refractivity contribution is -0.202. The van der Waals surface area contributed by atoms with Crippen LogP contribution < -0.4 is 5.32 Å². The van der Waals surface area contributed by atoms with Crippen LogP contribution in [0, 0.1) is 0 Å². The number of hydroxylamine groups is 2. The summed E-state index contributed by atoms with van der Waals surface area (Å²) in [5.41, 5.74) is 0.895. The molecule has 1 saturated heterocycles. The first kappa shape index (κ1) is 12.4. The molecule has 1 heterocycles. The molecule has 0 bridgehead atoms. The van der Waals surface area contributed by atoms with Crippen LogP contribution in [0.15, 0.2) is 30.3 Å². The molecule has 0 spiro atoms. The fourth-order valence-corrected chi connectivity index (χ4v) is 1.57. The third kappa shape index (κ3) is 2.78. The van der Waals surface area contributed by atoms with Gasteiger partial charge in [-0.3, -0.25) is 9.63 Å². The van der Waals surface area contributed by atoms with Gasteiger partial charge >= 0.3 is 6.09 Å². The van der Waals surface area contributed by atoms with Gasteiger partial charge in [-0.1, -0.05) is 30.3 Å². The highest BCUT2D eigenvalue weighted by Gasteiger charge is 2.38. The Morgan fingerprint density at radius 3 is 2.78 bits per heavy atom. The summed E-state index contributed by atoms with van der Waals surface area (Å²) in [4.78, 5) is 27.5. The molecule has 1 aliphatic rings. The van der Waals surface area contributed by atoms with E-state index >= 15 is 0 Å². The highest BCUT2D eigenvalue weighted by Crippen LogP contribution is 2.09. The van der Waals surface area contributed by atoms with E-state index in [9.17, 15) is 9.59 Å². The second kappa shape index (κ2) is 5.50. The van der Waals surface area contributed by atoms with E-state index in [4.69, 9.17) is 9.57 Å². The van der Waals surface area contributed by atoms with Crippen molar-refractivity contribution in [3.05, 3.63) is 35.9 Å². The number of hydrogen-bond donors (Lipinski definition) is 1. The maximum Gasteiger partial charge on any atom is 0.408 e. The largest absolute Gasteiger partial charge is 0.445 e. The van der Waals surface area contributed by atoms with Crippen molar-refractivity contribution in [1.82, 2.24) is 10.4 Å². The minimum Gasteiger partial charge on any atom is -0.445 e. The molecule has 6 nitrogen and oxygen atoms in total. The van der Waals surface area contributed by atoms with Crippen molar-refractivity contribution < 1.29 is 19.2 Å². The topological polar surface area (TPSA) is 67.9 Å². The summed E-state index contributed by atoms with van der Waals surface area (Å²) in [6, 6.07) is 8.78. The van der Waals surface area contributed by atoms with E-state index in [2.05, 4.69) is 5.32 Å². The van der Waals surface area contributed by atoms with Crippen molar-refractivity contribution in [1.29, 1.82) is 0 Å². The van der Waals surface area contributed by atoms with E-state index in [-0.39, 0.29) is 12.5 Å². The number of amides is 2. The van der Waals surface area contributed by atoms with E-state index in [1.807, 2.05) is 30.3 Å². The first-order valence-corrected chi connectivity index (χ1v) is 5.53. The molecule has 1 aliphatic heterocycles. The van der Waals surface area contributed by atoms with Crippen molar-refractivity contribution in [2.24, 2.45) is 0 Å². The Hall–Kier alpha value is -2.08. The third-order valence-corrected chi connectivity index (χ3v) is 2.62. The summed E-state index contributed by atoms with van der Waals surface area (Å²) in [6.45, 7) is 0.525. The number of ether oxygens (including phenoxy) is 1. The Labute approximate surface area is 104 Å². The van der Waals surface area contributed by atoms with Gasteiger partial charge < -0.3 is 10.1 Å². The van der Waals surface area contributed by atoms with Crippen LogP contribution in [-0.2, 0) is 21.0 Å². The van der Waals surface area contributed by atoms with Crippen molar-refractivity contribution in [3.8, 4) is 0 Å². The fraction of sp³-hybridized carbons (Fsp3) is 0.333. The lowest BCUT2D eigenvalue weighted by Crippen LogP contribution is -2.63. The summed E-state index contributed by atoms with van der Waals surface area (Å²) in [5, 5.41) is 3.64. The Balaban J connectivity index is 1.72. The highest BCUT2D eigenvalue weighted by atomic mass is 16.7. The zero-order valence-corrected chi connectivity index (χ0v) is 9.96. The molecule has 2 rings (SSSR count). The fourth-order valence-electron chi connectivity index (χ4n) is 1.57. The molecular weight excluding hydrogens is 236 g/mol. The van der Waals surface area contributed by atoms with Gasteiger partial charge in [0.05, 0.1) is 13.7 Å². The molecule has 18 heavy (non-hydrogen) atoms. The molecule has 0 aliphatic carbocycles. The zero-order chi connectivity index (χ0) is 13.0. The van der Waals surface area contributed by atoms with Gasteiger partial charge in [0.1, 0.15) is 12.6 Å². The van der Waals surface area contributed by atoms with Crippen molar-refractivity contribution in [3.63, 3.8) is 0 Å². The van der Waals surface area contributed by atoms with Crippen molar-refractivity contribution in [2.75, 3.05) is 13.7 Å². The molecule has 1 aromatic carbocycles. The summed E-state index contributed by atoms with van der Waals surface area (Å²) >= 11 is 0. The molecule has 0 radical (unpaired) electrons. The first-order chi connectivity index (χ1) is 8.70. The summed E-state index contributed by atoms with van der Waals surface area (Å²) < 4.78 is 4.99. The zero-order valence-electron chi connectivity index (χ0n) is 9.96. The van der Waals surface area contributed by atoms with E-state index in [0.717, 1.165) is 5.56 Å². The first-order valence-electron chi connectivity index (χ1n) is 5.53. The van der Waals surface area contributed by atoms with Gasteiger partial charge in [0.2, 0.25) is 0 Å². The van der Waals surface area contributed by atoms with Crippen LogP contribution in [0.25, 0.3) is 0 Å². The smallest absolute Gasteiger partial charge is 0.408 e. The predicted octanol–water partition coefficient (Wildman–Crippen LogP) is 0.685.